The Morgan fingerprint density at radius 2 is 2.04 bits per heavy atom. The number of halogens is 1. The van der Waals surface area contributed by atoms with Crippen LogP contribution < -0.4 is 10.1 Å². The zero-order chi connectivity index (χ0) is 18.4. The van der Waals surface area contributed by atoms with Gasteiger partial charge in [0.25, 0.3) is 5.91 Å². The Hall–Kier alpha value is -2.40. The van der Waals surface area contributed by atoms with Crippen molar-refractivity contribution >= 4 is 5.91 Å². The van der Waals surface area contributed by atoms with Crippen molar-refractivity contribution in [3.63, 3.8) is 0 Å². The van der Waals surface area contributed by atoms with Crippen molar-refractivity contribution in [3.05, 3.63) is 65.5 Å². The van der Waals surface area contributed by atoms with Gasteiger partial charge in [0.1, 0.15) is 17.1 Å². The standard InChI is InChI=1S/C21H25FN2O2/c1-26-19-9-5-8-18(22)20(19)21(25)23-12-10-17-11-13-24(15-17)14-16-6-3-2-4-7-16/h2-9,17H,10-15H2,1H3,(H,23,25)/t17-/m1/s1. The van der Waals surface area contributed by atoms with E-state index in [1.165, 1.54) is 24.8 Å². The predicted molar refractivity (Wildman–Crippen MR) is 99.7 cm³/mol. The van der Waals surface area contributed by atoms with Crippen LogP contribution in [0.5, 0.6) is 5.75 Å². The largest absolute Gasteiger partial charge is 0.496 e. The second-order valence-electron chi connectivity index (χ2n) is 6.74. The van der Waals surface area contributed by atoms with E-state index in [1.54, 1.807) is 6.07 Å². The molecule has 0 saturated carbocycles. The lowest BCUT2D eigenvalue weighted by molar-refractivity contribution is 0.0944. The summed E-state index contributed by atoms with van der Waals surface area (Å²) in [5, 5.41) is 2.83. The van der Waals surface area contributed by atoms with Crippen LogP contribution in [0.2, 0.25) is 0 Å². The minimum absolute atomic E-state index is 0.0212. The molecule has 2 aromatic carbocycles. The fourth-order valence-corrected chi connectivity index (χ4v) is 3.51. The Morgan fingerprint density at radius 3 is 2.81 bits per heavy atom. The van der Waals surface area contributed by atoms with Crippen LogP contribution in [0.15, 0.2) is 48.5 Å². The van der Waals surface area contributed by atoms with Crippen LogP contribution in [0.25, 0.3) is 0 Å². The first-order valence-corrected chi connectivity index (χ1v) is 9.04. The van der Waals surface area contributed by atoms with Gasteiger partial charge >= 0.3 is 0 Å². The molecule has 1 N–H and O–H groups in total. The predicted octanol–water partition coefficient (Wildman–Crippen LogP) is 3.48. The second kappa shape index (κ2) is 8.81. The fraction of sp³-hybridized carbons (Fsp3) is 0.381. The summed E-state index contributed by atoms with van der Waals surface area (Å²) in [6, 6.07) is 14.9. The van der Waals surface area contributed by atoms with Crippen LogP contribution in [0, 0.1) is 11.7 Å². The molecule has 0 aliphatic carbocycles. The average Bonchev–Trinajstić information content (AvgIpc) is 3.09. The summed E-state index contributed by atoms with van der Waals surface area (Å²) in [5.74, 6) is -0.158. The summed E-state index contributed by atoms with van der Waals surface area (Å²) in [5.41, 5.74) is 1.31. The minimum atomic E-state index is -0.559. The molecule has 1 amide bonds. The molecule has 26 heavy (non-hydrogen) atoms. The van der Waals surface area contributed by atoms with Crippen LogP contribution >= 0.6 is 0 Å². The van der Waals surface area contributed by atoms with E-state index in [0.29, 0.717) is 12.5 Å². The van der Waals surface area contributed by atoms with Gasteiger partial charge in [-0.1, -0.05) is 36.4 Å². The highest BCUT2D eigenvalue weighted by Crippen LogP contribution is 2.22. The first-order valence-electron chi connectivity index (χ1n) is 9.04. The SMILES string of the molecule is COc1cccc(F)c1C(=O)NCC[C@@H]1CCN(Cc2ccccc2)C1. The smallest absolute Gasteiger partial charge is 0.258 e. The van der Waals surface area contributed by atoms with Crippen LogP contribution in [0.1, 0.15) is 28.8 Å². The molecule has 5 heteroatoms. The van der Waals surface area contributed by atoms with E-state index >= 15 is 0 Å². The first kappa shape index (κ1) is 18.4. The molecule has 3 rings (SSSR count). The molecule has 0 bridgehead atoms. The third kappa shape index (κ3) is 4.61. The van der Waals surface area contributed by atoms with Crippen molar-refractivity contribution in [3.8, 4) is 5.75 Å². The van der Waals surface area contributed by atoms with Gasteiger partial charge in [-0.2, -0.15) is 0 Å². The average molecular weight is 356 g/mol. The van der Waals surface area contributed by atoms with Gasteiger partial charge in [-0.15, -0.1) is 0 Å². The van der Waals surface area contributed by atoms with E-state index in [9.17, 15) is 9.18 Å². The highest BCUT2D eigenvalue weighted by atomic mass is 19.1. The van der Waals surface area contributed by atoms with Crippen LogP contribution in [-0.4, -0.2) is 37.6 Å². The van der Waals surface area contributed by atoms with E-state index in [-0.39, 0.29) is 11.3 Å². The lowest BCUT2D eigenvalue weighted by Crippen LogP contribution is -2.28. The topological polar surface area (TPSA) is 41.6 Å². The fourth-order valence-electron chi connectivity index (χ4n) is 3.51. The summed E-state index contributed by atoms with van der Waals surface area (Å²) in [6.45, 7) is 3.62. The van der Waals surface area contributed by atoms with Crippen LogP contribution in [-0.2, 0) is 6.54 Å². The van der Waals surface area contributed by atoms with Gasteiger partial charge in [0.05, 0.1) is 7.11 Å². The molecule has 0 unspecified atom stereocenters. The molecule has 0 spiro atoms. The summed E-state index contributed by atoms with van der Waals surface area (Å²) in [6.07, 6.45) is 2.03. The number of likely N-dealkylation sites (tertiary alicyclic amines) is 1. The quantitative estimate of drug-likeness (QED) is 0.826. The molecule has 4 nitrogen and oxygen atoms in total. The van der Waals surface area contributed by atoms with E-state index < -0.39 is 11.7 Å². The number of methoxy groups -OCH3 is 1. The summed E-state index contributed by atoms with van der Waals surface area (Å²) in [7, 11) is 1.44. The number of benzene rings is 2. The van der Waals surface area contributed by atoms with Gasteiger partial charge in [-0.3, -0.25) is 9.69 Å². The van der Waals surface area contributed by atoms with Crippen molar-refractivity contribution in [2.75, 3.05) is 26.7 Å². The molecule has 0 radical (unpaired) electrons. The Bertz CT molecular complexity index is 736. The molecule has 1 atom stereocenters. The molecule has 138 valence electrons. The zero-order valence-electron chi connectivity index (χ0n) is 15.1. The maximum Gasteiger partial charge on any atom is 0.258 e. The third-order valence-electron chi connectivity index (χ3n) is 4.88. The van der Waals surface area contributed by atoms with Crippen molar-refractivity contribution in [2.45, 2.75) is 19.4 Å². The lowest BCUT2D eigenvalue weighted by Gasteiger charge is -2.16. The number of carbonyl (C=O) groups is 1. The van der Waals surface area contributed by atoms with Crippen LogP contribution in [0.3, 0.4) is 0 Å². The van der Waals surface area contributed by atoms with E-state index in [0.717, 1.165) is 32.5 Å². The van der Waals surface area contributed by atoms with E-state index in [4.69, 9.17) is 4.74 Å². The highest BCUT2D eigenvalue weighted by molar-refractivity contribution is 5.97. The number of ether oxygens (including phenoxy) is 1. The van der Waals surface area contributed by atoms with Gasteiger partial charge in [0.15, 0.2) is 0 Å². The molecular formula is C21H25FN2O2. The monoisotopic (exact) mass is 356 g/mol. The molecule has 0 aromatic heterocycles. The normalized spacial score (nSPS) is 17.2. The minimum Gasteiger partial charge on any atom is -0.496 e. The molecule has 1 aliphatic rings. The van der Waals surface area contributed by atoms with Gasteiger partial charge < -0.3 is 10.1 Å². The van der Waals surface area contributed by atoms with Crippen molar-refractivity contribution in [2.24, 2.45) is 5.92 Å². The third-order valence-corrected chi connectivity index (χ3v) is 4.88. The summed E-state index contributed by atoms with van der Waals surface area (Å²) >= 11 is 0. The summed E-state index contributed by atoms with van der Waals surface area (Å²) < 4.78 is 19.0. The van der Waals surface area contributed by atoms with Gasteiger partial charge in [0, 0.05) is 19.6 Å². The van der Waals surface area contributed by atoms with Crippen molar-refractivity contribution in [1.82, 2.24) is 10.2 Å². The number of rotatable bonds is 7. The maximum atomic E-state index is 13.9. The number of nitrogens with zero attached hydrogens (tertiary/aromatic N) is 1. The molecule has 1 fully saturated rings. The lowest BCUT2D eigenvalue weighted by atomic mass is 10.1. The molecular weight excluding hydrogens is 331 g/mol. The maximum absolute atomic E-state index is 13.9. The number of carbonyl (C=O) groups excluding carboxylic acids is 1. The molecule has 1 saturated heterocycles. The second-order valence-corrected chi connectivity index (χ2v) is 6.74. The van der Waals surface area contributed by atoms with Crippen LogP contribution in [0.4, 0.5) is 4.39 Å². The zero-order valence-corrected chi connectivity index (χ0v) is 15.1. The Labute approximate surface area is 154 Å². The number of amides is 1. The molecule has 2 aromatic rings. The Morgan fingerprint density at radius 1 is 1.23 bits per heavy atom. The van der Waals surface area contributed by atoms with Gasteiger partial charge in [-0.25, -0.2) is 4.39 Å². The Kier molecular flexibility index (Phi) is 6.23. The number of nitrogens with one attached hydrogen (secondary N) is 1. The van der Waals surface area contributed by atoms with E-state index in [1.807, 2.05) is 6.07 Å². The van der Waals surface area contributed by atoms with Crippen molar-refractivity contribution < 1.29 is 13.9 Å². The highest BCUT2D eigenvalue weighted by Gasteiger charge is 2.23. The van der Waals surface area contributed by atoms with Crippen molar-refractivity contribution in [1.29, 1.82) is 0 Å². The van der Waals surface area contributed by atoms with Gasteiger partial charge in [-0.05, 0) is 43.0 Å². The molecule has 1 aliphatic heterocycles. The number of hydrogen-bond acceptors (Lipinski definition) is 3. The summed E-state index contributed by atoms with van der Waals surface area (Å²) in [4.78, 5) is 14.7. The van der Waals surface area contributed by atoms with Gasteiger partial charge in [0.2, 0.25) is 0 Å². The Balaban J connectivity index is 1.45. The first-order chi connectivity index (χ1) is 12.7. The number of hydrogen-bond donors (Lipinski definition) is 1. The van der Waals surface area contributed by atoms with E-state index in [2.05, 4.69) is 34.5 Å². The molecule has 1 heterocycles.